The second-order valence-corrected chi connectivity index (χ2v) is 6.74. The third kappa shape index (κ3) is 4.16. The van der Waals surface area contributed by atoms with E-state index in [1.54, 1.807) is 24.3 Å². The Hall–Kier alpha value is -3.15. The number of carbonyl (C=O) groups excluding carboxylic acids is 1. The number of rotatable bonds is 6. The number of nitrogens with zero attached hydrogens (tertiary/aromatic N) is 2. The first kappa shape index (κ1) is 18.6. The minimum Gasteiger partial charge on any atom is -0.352 e. The minimum absolute atomic E-state index is 0.0211. The van der Waals surface area contributed by atoms with Gasteiger partial charge in [0.1, 0.15) is 6.54 Å². The van der Waals surface area contributed by atoms with Gasteiger partial charge >= 0.3 is 5.69 Å². The number of hydrogen-bond acceptors (Lipinski definition) is 3. The molecule has 140 valence electrons. The molecular formula is C21H23N3O3. The van der Waals surface area contributed by atoms with Crippen molar-refractivity contribution in [3.8, 4) is 0 Å². The summed E-state index contributed by atoms with van der Waals surface area (Å²) < 4.78 is 2.38. The summed E-state index contributed by atoms with van der Waals surface area (Å²) in [6, 6.07) is 16.9. The highest BCUT2D eigenvalue weighted by Gasteiger charge is 2.14. The number of hydrogen-bond donors (Lipinski definition) is 1. The van der Waals surface area contributed by atoms with Crippen molar-refractivity contribution >= 4 is 16.8 Å². The monoisotopic (exact) mass is 365 g/mol. The average Bonchev–Trinajstić information content (AvgIpc) is 2.69. The molecule has 1 unspecified atom stereocenters. The van der Waals surface area contributed by atoms with E-state index in [0.29, 0.717) is 10.9 Å². The van der Waals surface area contributed by atoms with Crippen molar-refractivity contribution in [3.05, 3.63) is 81.0 Å². The summed E-state index contributed by atoms with van der Waals surface area (Å²) >= 11 is 0. The summed E-state index contributed by atoms with van der Waals surface area (Å²) in [4.78, 5) is 37.2. The molecule has 1 N–H and O–H groups in total. The van der Waals surface area contributed by atoms with Gasteiger partial charge in [-0.2, -0.15) is 0 Å². The second kappa shape index (κ2) is 8.03. The van der Waals surface area contributed by atoms with E-state index in [2.05, 4.69) is 17.4 Å². The highest BCUT2D eigenvalue weighted by molar-refractivity contribution is 5.81. The lowest BCUT2D eigenvalue weighted by atomic mass is 10.1. The van der Waals surface area contributed by atoms with E-state index in [0.717, 1.165) is 17.4 Å². The largest absolute Gasteiger partial charge is 0.352 e. The van der Waals surface area contributed by atoms with Crippen molar-refractivity contribution in [2.45, 2.75) is 32.4 Å². The van der Waals surface area contributed by atoms with Crippen LogP contribution >= 0.6 is 0 Å². The Kier molecular flexibility index (Phi) is 5.54. The van der Waals surface area contributed by atoms with E-state index in [-0.39, 0.29) is 24.1 Å². The summed E-state index contributed by atoms with van der Waals surface area (Å²) in [7, 11) is 1.42. The molecule has 1 heterocycles. The maximum Gasteiger partial charge on any atom is 0.331 e. The molecule has 0 aliphatic rings. The third-order valence-electron chi connectivity index (χ3n) is 4.67. The molecule has 3 rings (SSSR count). The van der Waals surface area contributed by atoms with Gasteiger partial charge in [0.05, 0.1) is 10.9 Å². The first-order valence-corrected chi connectivity index (χ1v) is 8.99. The highest BCUT2D eigenvalue weighted by Crippen LogP contribution is 2.08. The molecule has 0 aliphatic carbocycles. The second-order valence-electron chi connectivity index (χ2n) is 6.74. The molecule has 0 radical (unpaired) electrons. The zero-order valence-electron chi connectivity index (χ0n) is 15.5. The first-order valence-electron chi connectivity index (χ1n) is 8.99. The van der Waals surface area contributed by atoms with Gasteiger partial charge in [-0.15, -0.1) is 0 Å². The van der Waals surface area contributed by atoms with Gasteiger partial charge in [-0.05, 0) is 37.5 Å². The van der Waals surface area contributed by atoms with Crippen LogP contribution in [-0.4, -0.2) is 21.1 Å². The van der Waals surface area contributed by atoms with Crippen LogP contribution in [0.3, 0.4) is 0 Å². The predicted octanol–water partition coefficient (Wildman–Crippen LogP) is 1.84. The van der Waals surface area contributed by atoms with Gasteiger partial charge in [-0.3, -0.25) is 18.7 Å². The van der Waals surface area contributed by atoms with Crippen LogP contribution in [0.1, 0.15) is 18.9 Å². The minimum atomic E-state index is -0.495. The van der Waals surface area contributed by atoms with E-state index in [1.165, 1.54) is 17.2 Å². The quantitative estimate of drug-likeness (QED) is 0.724. The van der Waals surface area contributed by atoms with E-state index in [9.17, 15) is 14.4 Å². The van der Waals surface area contributed by atoms with E-state index in [1.807, 2.05) is 25.1 Å². The van der Waals surface area contributed by atoms with Gasteiger partial charge in [-0.25, -0.2) is 4.79 Å². The van der Waals surface area contributed by atoms with Crippen molar-refractivity contribution in [3.63, 3.8) is 0 Å². The topological polar surface area (TPSA) is 73.1 Å². The number of para-hydroxylation sites is 1. The van der Waals surface area contributed by atoms with Gasteiger partial charge in [0.15, 0.2) is 0 Å². The predicted molar refractivity (Wildman–Crippen MR) is 106 cm³/mol. The van der Waals surface area contributed by atoms with Crippen LogP contribution in [0.2, 0.25) is 0 Å². The van der Waals surface area contributed by atoms with Crippen LogP contribution in [0.15, 0.2) is 64.2 Å². The van der Waals surface area contributed by atoms with Crippen molar-refractivity contribution in [1.82, 2.24) is 14.5 Å². The average molecular weight is 365 g/mol. The molecule has 0 fully saturated rings. The Bertz CT molecular complexity index is 1070. The third-order valence-corrected chi connectivity index (χ3v) is 4.67. The number of carbonyl (C=O) groups is 1. The normalized spacial score (nSPS) is 12.1. The fraction of sp³-hybridized carbons (Fsp3) is 0.286. The number of fused-ring (bicyclic) bond motifs is 1. The SMILES string of the molecule is CC(CCc1ccccc1)NC(=O)Cn1c(=O)n(C)c(=O)c2ccccc21. The summed E-state index contributed by atoms with van der Waals surface area (Å²) in [5.74, 6) is -0.249. The maximum absolute atomic E-state index is 12.5. The lowest BCUT2D eigenvalue weighted by Crippen LogP contribution is -2.42. The molecule has 0 spiro atoms. The van der Waals surface area contributed by atoms with Gasteiger partial charge in [0.2, 0.25) is 5.91 Å². The summed E-state index contributed by atoms with van der Waals surface area (Å²) in [5.41, 5.74) is 0.839. The van der Waals surface area contributed by atoms with E-state index in [4.69, 9.17) is 0 Å². The van der Waals surface area contributed by atoms with Crippen LogP contribution in [0, 0.1) is 0 Å². The number of amides is 1. The molecular weight excluding hydrogens is 342 g/mol. The first-order chi connectivity index (χ1) is 13.0. The molecule has 27 heavy (non-hydrogen) atoms. The van der Waals surface area contributed by atoms with Crippen LogP contribution in [0.5, 0.6) is 0 Å². The van der Waals surface area contributed by atoms with Crippen LogP contribution in [-0.2, 0) is 24.8 Å². The maximum atomic E-state index is 12.5. The van der Waals surface area contributed by atoms with Crippen LogP contribution < -0.4 is 16.6 Å². The summed E-state index contributed by atoms with van der Waals surface area (Å²) in [6.07, 6.45) is 1.67. The number of aromatic nitrogens is 2. The molecule has 1 atom stereocenters. The Morgan fingerprint density at radius 2 is 1.70 bits per heavy atom. The Morgan fingerprint density at radius 3 is 2.44 bits per heavy atom. The molecule has 0 saturated carbocycles. The lowest BCUT2D eigenvalue weighted by molar-refractivity contribution is -0.122. The van der Waals surface area contributed by atoms with E-state index < -0.39 is 5.69 Å². The molecule has 0 bridgehead atoms. The molecule has 6 heteroatoms. The van der Waals surface area contributed by atoms with Crippen LogP contribution in [0.25, 0.3) is 10.9 Å². The number of aryl methyl sites for hydroxylation is 1. The van der Waals surface area contributed by atoms with Gasteiger partial charge in [0.25, 0.3) is 5.56 Å². The smallest absolute Gasteiger partial charge is 0.331 e. The molecule has 0 aliphatic heterocycles. The molecule has 1 amide bonds. The van der Waals surface area contributed by atoms with E-state index >= 15 is 0 Å². The molecule has 1 aromatic heterocycles. The van der Waals surface area contributed by atoms with Crippen LogP contribution in [0.4, 0.5) is 0 Å². The Balaban J connectivity index is 1.73. The summed E-state index contributed by atoms with van der Waals surface area (Å²) in [5, 5.41) is 3.36. The fourth-order valence-electron chi connectivity index (χ4n) is 3.16. The standard InChI is InChI=1S/C21H23N3O3/c1-15(12-13-16-8-4-3-5-9-16)22-19(25)14-24-18-11-7-6-10-17(18)20(26)23(2)21(24)27/h3-11,15H,12-14H2,1-2H3,(H,22,25). The highest BCUT2D eigenvalue weighted by atomic mass is 16.2. The van der Waals surface area contributed by atoms with Crippen molar-refractivity contribution in [1.29, 1.82) is 0 Å². The number of nitrogens with one attached hydrogen (secondary N) is 1. The Labute approximate surface area is 157 Å². The van der Waals surface area contributed by atoms with Crippen molar-refractivity contribution in [2.75, 3.05) is 0 Å². The molecule has 2 aromatic carbocycles. The van der Waals surface area contributed by atoms with Crippen molar-refractivity contribution in [2.24, 2.45) is 7.05 Å². The molecule has 6 nitrogen and oxygen atoms in total. The molecule has 3 aromatic rings. The van der Waals surface area contributed by atoms with Gasteiger partial charge < -0.3 is 5.32 Å². The lowest BCUT2D eigenvalue weighted by Gasteiger charge is -2.16. The zero-order valence-corrected chi connectivity index (χ0v) is 15.5. The Morgan fingerprint density at radius 1 is 1.04 bits per heavy atom. The fourth-order valence-corrected chi connectivity index (χ4v) is 3.16. The number of benzene rings is 2. The van der Waals surface area contributed by atoms with Gasteiger partial charge in [0, 0.05) is 13.1 Å². The molecule has 0 saturated heterocycles. The zero-order chi connectivity index (χ0) is 19.4. The van der Waals surface area contributed by atoms with Gasteiger partial charge in [-0.1, -0.05) is 42.5 Å². The summed E-state index contributed by atoms with van der Waals surface area (Å²) in [6.45, 7) is 1.83. The van der Waals surface area contributed by atoms with Crippen molar-refractivity contribution < 1.29 is 4.79 Å².